The molecule has 0 unspecified atom stereocenters. The number of hydrogen-bond donors (Lipinski definition) is 1. The van der Waals surface area contributed by atoms with Crippen molar-refractivity contribution in [3.8, 4) is 0 Å². The van der Waals surface area contributed by atoms with Crippen LogP contribution in [0.4, 0.5) is 0 Å². The van der Waals surface area contributed by atoms with E-state index in [1.807, 2.05) is 6.07 Å². The molecule has 0 radical (unpaired) electrons. The topological polar surface area (TPSA) is 84.1 Å². The van der Waals surface area contributed by atoms with E-state index in [1.54, 1.807) is 23.1 Å². The lowest BCUT2D eigenvalue weighted by atomic mass is 9.87. The molecule has 0 saturated carbocycles. The van der Waals surface area contributed by atoms with E-state index in [4.69, 9.17) is 0 Å². The SMILES string of the molecule is O=C(O)C1(n2cccn2)CCN(Cc2ccc3nsnc3c2)CC1. The van der Waals surface area contributed by atoms with Crippen molar-refractivity contribution in [1.82, 2.24) is 23.4 Å². The Bertz CT molecular complexity index is 852. The van der Waals surface area contributed by atoms with E-state index in [0.717, 1.165) is 30.7 Å². The monoisotopic (exact) mass is 343 g/mol. The maximum atomic E-state index is 11.9. The summed E-state index contributed by atoms with van der Waals surface area (Å²) in [5.41, 5.74) is 2.09. The number of fused-ring (bicyclic) bond motifs is 1. The van der Waals surface area contributed by atoms with Gasteiger partial charge < -0.3 is 5.11 Å². The van der Waals surface area contributed by atoms with Gasteiger partial charge in [0.05, 0.1) is 11.7 Å². The van der Waals surface area contributed by atoms with E-state index in [-0.39, 0.29) is 0 Å². The lowest BCUT2D eigenvalue weighted by Crippen LogP contribution is -2.51. The number of benzene rings is 1. The predicted molar refractivity (Wildman–Crippen MR) is 89.8 cm³/mol. The third kappa shape index (κ3) is 2.57. The van der Waals surface area contributed by atoms with E-state index in [0.29, 0.717) is 12.8 Å². The van der Waals surface area contributed by atoms with Gasteiger partial charge in [-0.15, -0.1) is 0 Å². The number of carbonyl (C=O) groups is 1. The lowest BCUT2D eigenvalue weighted by Gasteiger charge is -2.39. The molecule has 4 rings (SSSR count). The maximum Gasteiger partial charge on any atom is 0.331 e. The molecular weight excluding hydrogens is 326 g/mol. The summed E-state index contributed by atoms with van der Waals surface area (Å²) in [4.78, 5) is 14.1. The Hall–Kier alpha value is -2.32. The van der Waals surface area contributed by atoms with E-state index in [1.165, 1.54) is 17.3 Å². The van der Waals surface area contributed by atoms with Gasteiger partial charge in [0.25, 0.3) is 0 Å². The molecule has 1 aliphatic heterocycles. The van der Waals surface area contributed by atoms with Gasteiger partial charge in [0.2, 0.25) is 0 Å². The summed E-state index contributed by atoms with van der Waals surface area (Å²) in [7, 11) is 0. The Morgan fingerprint density at radius 1 is 1.25 bits per heavy atom. The van der Waals surface area contributed by atoms with Crippen LogP contribution < -0.4 is 0 Å². The van der Waals surface area contributed by atoms with Gasteiger partial charge in [0.15, 0.2) is 5.54 Å². The molecule has 0 atom stereocenters. The number of piperidine rings is 1. The second kappa shape index (κ2) is 5.95. The first kappa shape index (κ1) is 15.2. The summed E-state index contributed by atoms with van der Waals surface area (Å²) < 4.78 is 10.1. The van der Waals surface area contributed by atoms with Gasteiger partial charge in [-0.25, -0.2) is 4.79 Å². The second-order valence-electron chi connectivity index (χ2n) is 6.15. The van der Waals surface area contributed by atoms with Crippen LogP contribution in [0.2, 0.25) is 0 Å². The molecule has 1 N–H and O–H groups in total. The normalized spacial score (nSPS) is 18.0. The van der Waals surface area contributed by atoms with Crippen molar-refractivity contribution in [1.29, 1.82) is 0 Å². The van der Waals surface area contributed by atoms with Crippen molar-refractivity contribution in [3.05, 3.63) is 42.2 Å². The maximum absolute atomic E-state index is 11.9. The molecule has 3 heterocycles. The molecule has 0 spiro atoms. The zero-order chi connectivity index (χ0) is 16.6. The van der Waals surface area contributed by atoms with Crippen LogP contribution in [0.25, 0.3) is 11.0 Å². The first-order valence-corrected chi connectivity index (χ1v) is 8.57. The van der Waals surface area contributed by atoms with Crippen LogP contribution >= 0.6 is 11.7 Å². The molecule has 0 amide bonds. The number of rotatable bonds is 4. The fraction of sp³-hybridized carbons (Fsp3) is 0.375. The number of aromatic nitrogens is 4. The van der Waals surface area contributed by atoms with Crippen molar-refractivity contribution in [3.63, 3.8) is 0 Å². The zero-order valence-electron chi connectivity index (χ0n) is 13.0. The average Bonchev–Trinajstić information content (AvgIpc) is 3.27. The van der Waals surface area contributed by atoms with Crippen LogP contribution in [-0.2, 0) is 16.9 Å². The summed E-state index contributed by atoms with van der Waals surface area (Å²) in [6.45, 7) is 2.24. The number of aliphatic carboxylic acids is 1. The van der Waals surface area contributed by atoms with Crippen LogP contribution in [0.1, 0.15) is 18.4 Å². The number of carboxylic acid groups (broad SMARTS) is 1. The third-order valence-corrected chi connectivity index (χ3v) is 5.31. The Morgan fingerprint density at radius 3 is 2.75 bits per heavy atom. The molecule has 1 aromatic carbocycles. The van der Waals surface area contributed by atoms with Crippen molar-refractivity contribution < 1.29 is 9.90 Å². The highest BCUT2D eigenvalue weighted by atomic mass is 32.1. The Kier molecular flexibility index (Phi) is 3.78. The average molecular weight is 343 g/mol. The Balaban J connectivity index is 1.48. The van der Waals surface area contributed by atoms with Gasteiger partial charge in [-0.3, -0.25) is 9.58 Å². The molecule has 24 heavy (non-hydrogen) atoms. The highest BCUT2D eigenvalue weighted by Crippen LogP contribution is 2.30. The highest BCUT2D eigenvalue weighted by Gasteiger charge is 2.43. The van der Waals surface area contributed by atoms with E-state index in [9.17, 15) is 9.90 Å². The molecular formula is C16H17N5O2S. The van der Waals surface area contributed by atoms with Crippen LogP contribution in [0, 0.1) is 0 Å². The summed E-state index contributed by atoms with van der Waals surface area (Å²) in [6, 6.07) is 7.89. The molecule has 1 saturated heterocycles. The van der Waals surface area contributed by atoms with Crippen molar-refractivity contribution in [2.45, 2.75) is 24.9 Å². The molecule has 7 nitrogen and oxygen atoms in total. The molecule has 2 aromatic heterocycles. The highest BCUT2D eigenvalue weighted by molar-refractivity contribution is 7.00. The standard InChI is InChI=1S/C16H17N5O2S/c22-15(23)16(21-7-1-6-17-21)4-8-20(9-5-16)11-12-2-3-13-14(10-12)19-24-18-13/h1-3,6-7,10H,4-5,8-9,11H2,(H,22,23). The second-order valence-corrected chi connectivity index (χ2v) is 6.68. The predicted octanol–water partition coefficient (Wildman–Crippen LogP) is 1.96. The van der Waals surface area contributed by atoms with Gasteiger partial charge >= 0.3 is 5.97 Å². The van der Waals surface area contributed by atoms with Crippen LogP contribution in [0.15, 0.2) is 36.7 Å². The van der Waals surface area contributed by atoms with Crippen molar-refractivity contribution in [2.75, 3.05) is 13.1 Å². The summed E-state index contributed by atoms with van der Waals surface area (Å²) in [6.07, 6.45) is 4.47. The van der Waals surface area contributed by atoms with Crippen LogP contribution in [-0.4, -0.2) is 47.6 Å². The van der Waals surface area contributed by atoms with Gasteiger partial charge in [-0.2, -0.15) is 13.8 Å². The van der Waals surface area contributed by atoms with Crippen molar-refractivity contribution in [2.24, 2.45) is 0 Å². The molecule has 1 aliphatic rings. The third-order valence-electron chi connectivity index (χ3n) is 4.75. The molecule has 0 bridgehead atoms. The smallest absolute Gasteiger partial charge is 0.331 e. The fourth-order valence-electron chi connectivity index (χ4n) is 3.33. The van der Waals surface area contributed by atoms with Crippen LogP contribution in [0.5, 0.6) is 0 Å². The fourth-order valence-corrected chi connectivity index (χ4v) is 3.85. The first-order chi connectivity index (χ1) is 11.7. The number of likely N-dealkylation sites (tertiary alicyclic amines) is 1. The summed E-state index contributed by atoms with van der Waals surface area (Å²) in [5, 5.41) is 13.9. The van der Waals surface area contributed by atoms with Gasteiger partial charge in [-0.05, 0) is 36.6 Å². The van der Waals surface area contributed by atoms with E-state index in [2.05, 4.69) is 30.9 Å². The largest absolute Gasteiger partial charge is 0.479 e. The Labute approximate surface area is 142 Å². The molecule has 3 aromatic rings. The minimum Gasteiger partial charge on any atom is -0.479 e. The van der Waals surface area contributed by atoms with Gasteiger partial charge in [-0.1, -0.05) is 6.07 Å². The van der Waals surface area contributed by atoms with E-state index >= 15 is 0 Å². The van der Waals surface area contributed by atoms with Crippen molar-refractivity contribution >= 4 is 28.7 Å². The molecule has 8 heteroatoms. The molecule has 1 fully saturated rings. The van der Waals surface area contributed by atoms with Crippen LogP contribution in [0.3, 0.4) is 0 Å². The summed E-state index contributed by atoms with van der Waals surface area (Å²) >= 11 is 1.22. The molecule has 0 aliphatic carbocycles. The first-order valence-electron chi connectivity index (χ1n) is 7.84. The lowest BCUT2D eigenvalue weighted by molar-refractivity contribution is -0.151. The number of nitrogens with zero attached hydrogens (tertiary/aromatic N) is 5. The summed E-state index contributed by atoms with van der Waals surface area (Å²) in [5.74, 6) is -0.805. The van der Waals surface area contributed by atoms with Gasteiger partial charge in [0, 0.05) is 32.0 Å². The van der Waals surface area contributed by atoms with E-state index < -0.39 is 11.5 Å². The minimum atomic E-state index is -0.928. The zero-order valence-corrected chi connectivity index (χ0v) is 13.8. The minimum absolute atomic E-state index is 0.546. The quantitative estimate of drug-likeness (QED) is 0.780. The van der Waals surface area contributed by atoms with Gasteiger partial charge in [0.1, 0.15) is 11.0 Å². The number of carboxylic acids is 1. The molecule has 124 valence electrons. The Morgan fingerprint density at radius 2 is 2.04 bits per heavy atom. The number of hydrogen-bond acceptors (Lipinski definition) is 6.